The number of carboxylic acids is 1. The van der Waals surface area contributed by atoms with Crippen LogP contribution in [0.15, 0.2) is 65.7 Å². The van der Waals surface area contributed by atoms with Gasteiger partial charge in [-0.05, 0) is 49.2 Å². The van der Waals surface area contributed by atoms with E-state index in [0.717, 1.165) is 20.8 Å². The SMILES string of the molecule is NO.O=C(O)[C@H]1CCCN1S(=O)(=O)c1ccc(OCc2ccnc3ccccc23)cc1. The van der Waals surface area contributed by atoms with Crippen LogP contribution in [0, 0.1) is 0 Å². The van der Waals surface area contributed by atoms with E-state index in [2.05, 4.69) is 10.9 Å². The fraction of sp³-hybridized carbons (Fsp3) is 0.238. The highest BCUT2D eigenvalue weighted by molar-refractivity contribution is 7.89. The van der Waals surface area contributed by atoms with E-state index in [-0.39, 0.29) is 11.4 Å². The Labute approximate surface area is 179 Å². The minimum Gasteiger partial charge on any atom is -0.489 e. The molecule has 0 amide bonds. The lowest BCUT2D eigenvalue weighted by Gasteiger charge is -2.21. The minimum atomic E-state index is -3.86. The van der Waals surface area contributed by atoms with Gasteiger partial charge in [0.1, 0.15) is 18.4 Å². The molecule has 4 rings (SSSR count). The number of ether oxygens (including phenoxy) is 1. The zero-order valence-corrected chi connectivity index (χ0v) is 17.4. The zero-order valence-electron chi connectivity index (χ0n) is 16.6. The van der Waals surface area contributed by atoms with Gasteiger partial charge in [-0.2, -0.15) is 4.31 Å². The summed E-state index contributed by atoms with van der Waals surface area (Å²) < 4.78 is 32.5. The molecule has 1 aliphatic rings. The van der Waals surface area contributed by atoms with Gasteiger partial charge in [-0.15, -0.1) is 0 Å². The van der Waals surface area contributed by atoms with Crippen LogP contribution in [0.1, 0.15) is 18.4 Å². The summed E-state index contributed by atoms with van der Waals surface area (Å²) in [6.07, 6.45) is 2.60. The lowest BCUT2D eigenvalue weighted by Crippen LogP contribution is -2.40. The predicted octanol–water partition coefficient (Wildman–Crippen LogP) is 2.39. The summed E-state index contributed by atoms with van der Waals surface area (Å²) in [7, 11) is -3.86. The molecular weight excluding hydrogens is 422 g/mol. The van der Waals surface area contributed by atoms with Gasteiger partial charge in [0.15, 0.2) is 0 Å². The third-order valence-electron chi connectivity index (χ3n) is 5.05. The molecule has 4 N–H and O–H groups in total. The van der Waals surface area contributed by atoms with Crippen LogP contribution in [0.4, 0.5) is 0 Å². The normalized spacial score (nSPS) is 16.5. The Kier molecular flexibility index (Phi) is 7.18. The number of nitrogens with two attached hydrogens (primary N) is 1. The monoisotopic (exact) mass is 445 g/mol. The van der Waals surface area contributed by atoms with Crippen LogP contribution in [0.2, 0.25) is 0 Å². The second kappa shape index (κ2) is 9.84. The zero-order chi connectivity index (χ0) is 22.4. The quantitative estimate of drug-likeness (QED) is 0.491. The lowest BCUT2D eigenvalue weighted by atomic mass is 10.1. The summed E-state index contributed by atoms with van der Waals surface area (Å²) >= 11 is 0. The number of hydrogen-bond donors (Lipinski definition) is 3. The van der Waals surface area contributed by atoms with Crippen molar-refractivity contribution in [3.8, 4) is 5.75 Å². The molecule has 1 saturated heterocycles. The summed E-state index contributed by atoms with van der Waals surface area (Å²) in [6, 6.07) is 14.7. The highest BCUT2D eigenvalue weighted by atomic mass is 32.2. The molecule has 9 nitrogen and oxygen atoms in total. The van der Waals surface area contributed by atoms with E-state index in [9.17, 15) is 18.3 Å². The second-order valence-corrected chi connectivity index (χ2v) is 8.75. The first-order valence-electron chi connectivity index (χ1n) is 9.53. The van der Waals surface area contributed by atoms with Gasteiger partial charge >= 0.3 is 5.97 Å². The summed E-state index contributed by atoms with van der Waals surface area (Å²) in [5, 5.41) is 16.8. The molecule has 0 aliphatic carbocycles. The van der Waals surface area contributed by atoms with E-state index < -0.39 is 22.0 Å². The van der Waals surface area contributed by atoms with E-state index in [1.165, 1.54) is 12.1 Å². The maximum absolute atomic E-state index is 12.8. The number of hydrogen-bond acceptors (Lipinski definition) is 7. The Hall–Kier alpha value is -3.05. The molecule has 0 spiro atoms. The third kappa shape index (κ3) is 4.83. The second-order valence-electron chi connectivity index (χ2n) is 6.86. The average molecular weight is 445 g/mol. The summed E-state index contributed by atoms with van der Waals surface area (Å²) in [6.45, 7) is 0.537. The van der Waals surface area contributed by atoms with Crippen molar-refractivity contribution in [3.63, 3.8) is 0 Å². The van der Waals surface area contributed by atoms with Gasteiger partial charge in [-0.25, -0.2) is 14.3 Å². The first-order chi connectivity index (χ1) is 15.0. The molecule has 10 heteroatoms. The van der Waals surface area contributed by atoms with Crippen LogP contribution in [0.25, 0.3) is 10.9 Å². The van der Waals surface area contributed by atoms with E-state index in [1.54, 1.807) is 18.3 Å². The van der Waals surface area contributed by atoms with Crippen molar-refractivity contribution in [2.45, 2.75) is 30.4 Å². The molecule has 31 heavy (non-hydrogen) atoms. The number of rotatable bonds is 6. The summed E-state index contributed by atoms with van der Waals surface area (Å²) in [4.78, 5) is 15.7. The van der Waals surface area contributed by atoms with Gasteiger partial charge in [0.05, 0.1) is 10.4 Å². The first-order valence-corrected chi connectivity index (χ1v) is 11.0. The molecule has 1 aliphatic heterocycles. The predicted molar refractivity (Wildman–Crippen MR) is 113 cm³/mol. The number of pyridine rings is 1. The fourth-order valence-corrected chi connectivity index (χ4v) is 5.21. The highest BCUT2D eigenvalue weighted by Crippen LogP contribution is 2.27. The molecule has 1 fully saturated rings. The number of aromatic nitrogens is 1. The number of para-hydroxylation sites is 1. The number of sulfonamides is 1. The molecule has 0 radical (unpaired) electrons. The van der Waals surface area contributed by atoms with Crippen LogP contribution in [0.5, 0.6) is 5.75 Å². The number of carbonyl (C=O) groups is 1. The number of fused-ring (bicyclic) bond motifs is 1. The van der Waals surface area contributed by atoms with E-state index in [0.29, 0.717) is 25.2 Å². The highest BCUT2D eigenvalue weighted by Gasteiger charge is 2.39. The molecule has 164 valence electrons. The first kappa shape index (κ1) is 22.6. The Morgan fingerprint density at radius 2 is 1.84 bits per heavy atom. The number of benzene rings is 2. The molecule has 2 aromatic carbocycles. The standard InChI is InChI=1S/C21H20N2O5S.H3NO/c24-21(25)20-6-3-13-23(20)29(26,27)17-9-7-16(8-10-17)28-14-15-11-12-22-19-5-2-1-4-18(15)19;1-2/h1-2,4-5,7-12,20H,3,6,13-14H2,(H,24,25);2H,1H2/t20-;/m1./s1. The van der Waals surface area contributed by atoms with Crippen LogP contribution < -0.4 is 10.6 Å². The van der Waals surface area contributed by atoms with Gasteiger partial charge in [0.2, 0.25) is 10.0 Å². The lowest BCUT2D eigenvalue weighted by molar-refractivity contribution is -0.140. The van der Waals surface area contributed by atoms with Gasteiger partial charge < -0.3 is 15.1 Å². The molecular formula is C21H23N3O6S. The van der Waals surface area contributed by atoms with Crippen molar-refractivity contribution in [1.82, 2.24) is 9.29 Å². The van der Waals surface area contributed by atoms with Crippen LogP contribution in [0.3, 0.4) is 0 Å². The maximum Gasteiger partial charge on any atom is 0.322 e. The largest absolute Gasteiger partial charge is 0.489 e. The van der Waals surface area contributed by atoms with Crippen molar-refractivity contribution in [1.29, 1.82) is 0 Å². The Morgan fingerprint density at radius 1 is 1.13 bits per heavy atom. The van der Waals surface area contributed by atoms with Crippen LogP contribution in [-0.2, 0) is 21.4 Å². The van der Waals surface area contributed by atoms with Crippen molar-refractivity contribution in [2.75, 3.05) is 6.54 Å². The Bertz CT molecular complexity index is 1150. The fourth-order valence-electron chi connectivity index (χ4n) is 3.56. The van der Waals surface area contributed by atoms with E-state index >= 15 is 0 Å². The molecule has 3 aromatic rings. The minimum absolute atomic E-state index is 0.0624. The van der Waals surface area contributed by atoms with Crippen LogP contribution in [-0.4, -0.2) is 46.6 Å². The van der Waals surface area contributed by atoms with Crippen LogP contribution >= 0.6 is 0 Å². The third-order valence-corrected chi connectivity index (χ3v) is 6.98. The molecule has 0 saturated carbocycles. The van der Waals surface area contributed by atoms with Crippen molar-refractivity contribution in [3.05, 3.63) is 66.4 Å². The van der Waals surface area contributed by atoms with Gasteiger partial charge in [-0.1, -0.05) is 18.2 Å². The van der Waals surface area contributed by atoms with E-state index in [1.807, 2.05) is 30.3 Å². The van der Waals surface area contributed by atoms with Crippen molar-refractivity contribution in [2.24, 2.45) is 5.90 Å². The molecule has 1 aromatic heterocycles. The van der Waals surface area contributed by atoms with Crippen molar-refractivity contribution < 1.29 is 28.3 Å². The van der Waals surface area contributed by atoms with E-state index in [4.69, 9.17) is 9.94 Å². The maximum atomic E-state index is 12.8. The Morgan fingerprint density at radius 3 is 2.55 bits per heavy atom. The number of aliphatic carboxylic acids is 1. The number of nitrogens with zero attached hydrogens (tertiary/aromatic N) is 2. The molecule has 0 unspecified atom stereocenters. The summed E-state index contributed by atoms with van der Waals surface area (Å²) in [5.74, 6) is 2.91. The summed E-state index contributed by atoms with van der Waals surface area (Å²) in [5.41, 5.74) is 1.86. The van der Waals surface area contributed by atoms with Gasteiger partial charge in [-0.3, -0.25) is 9.78 Å². The molecule has 0 bridgehead atoms. The Balaban J connectivity index is 0.00000132. The molecule has 2 heterocycles. The topological polar surface area (TPSA) is 143 Å². The van der Waals surface area contributed by atoms with Gasteiger partial charge in [0, 0.05) is 23.7 Å². The number of carboxylic acid groups (broad SMARTS) is 1. The van der Waals surface area contributed by atoms with Crippen molar-refractivity contribution >= 4 is 26.9 Å². The molecule has 1 atom stereocenters. The smallest absolute Gasteiger partial charge is 0.322 e. The average Bonchev–Trinajstić information content (AvgIpc) is 3.31. The van der Waals surface area contributed by atoms with Gasteiger partial charge in [0.25, 0.3) is 0 Å².